The number of ether oxygens (including phenoxy) is 1. The fourth-order valence-corrected chi connectivity index (χ4v) is 4.24. The average Bonchev–Trinajstić information content (AvgIpc) is 2.77. The summed E-state index contributed by atoms with van der Waals surface area (Å²) in [6.07, 6.45) is 0.753. The van der Waals surface area contributed by atoms with Crippen LogP contribution in [0.15, 0.2) is 29.2 Å². The first-order valence-electron chi connectivity index (χ1n) is 10.00. The number of carbonyl (C=O) groups is 2. The van der Waals surface area contributed by atoms with Gasteiger partial charge in [0, 0.05) is 53.5 Å². The topological polar surface area (TPSA) is 123 Å². The highest BCUT2D eigenvalue weighted by Crippen LogP contribution is 2.15. The van der Waals surface area contributed by atoms with Crippen LogP contribution in [-0.4, -0.2) is 101 Å². The quantitative estimate of drug-likeness (QED) is 0.475. The van der Waals surface area contributed by atoms with Gasteiger partial charge in [-0.05, 0) is 30.7 Å². The molecular weight excluding hydrogens is 422 g/mol. The summed E-state index contributed by atoms with van der Waals surface area (Å²) in [5.41, 5.74) is 0.360. The lowest BCUT2D eigenvalue weighted by atomic mass is 10.2. The highest BCUT2D eigenvalue weighted by Gasteiger charge is 2.27. The van der Waals surface area contributed by atoms with Crippen molar-refractivity contribution in [2.75, 3.05) is 66.6 Å². The zero-order chi connectivity index (χ0) is 22.9. The Labute approximate surface area is 183 Å². The summed E-state index contributed by atoms with van der Waals surface area (Å²) in [4.78, 5) is 28.1. The van der Waals surface area contributed by atoms with Gasteiger partial charge in [0.15, 0.2) is 0 Å². The molecule has 2 amide bonds. The SMILES string of the molecule is COCCCNC(=O)CN1CCN(C(=O)CN(C)S(=O)(=O)c2ccc(C#N)cc2)CC1. The van der Waals surface area contributed by atoms with Crippen molar-refractivity contribution in [2.45, 2.75) is 11.3 Å². The highest BCUT2D eigenvalue weighted by atomic mass is 32.2. The number of nitriles is 1. The van der Waals surface area contributed by atoms with Crippen LogP contribution in [0.25, 0.3) is 0 Å². The van der Waals surface area contributed by atoms with E-state index in [0.29, 0.717) is 44.9 Å². The number of nitrogens with zero attached hydrogens (tertiary/aromatic N) is 4. The van der Waals surface area contributed by atoms with Crippen molar-refractivity contribution in [1.29, 1.82) is 5.26 Å². The largest absolute Gasteiger partial charge is 0.385 e. The van der Waals surface area contributed by atoms with E-state index in [4.69, 9.17) is 10.00 Å². The lowest BCUT2D eigenvalue weighted by Gasteiger charge is -2.35. The van der Waals surface area contributed by atoms with E-state index in [9.17, 15) is 18.0 Å². The Morgan fingerprint density at radius 1 is 1.19 bits per heavy atom. The van der Waals surface area contributed by atoms with Gasteiger partial charge >= 0.3 is 0 Å². The zero-order valence-electron chi connectivity index (χ0n) is 17.9. The van der Waals surface area contributed by atoms with Gasteiger partial charge in [-0.1, -0.05) is 0 Å². The van der Waals surface area contributed by atoms with E-state index in [1.807, 2.05) is 11.0 Å². The van der Waals surface area contributed by atoms with Crippen molar-refractivity contribution in [3.05, 3.63) is 29.8 Å². The number of nitrogens with one attached hydrogen (secondary N) is 1. The molecule has 1 saturated heterocycles. The molecule has 0 saturated carbocycles. The van der Waals surface area contributed by atoms with Gasteiger partial charge in [-0.3, -0.25) is 14.5 Å². The third-order valence-corrected chi connectivity index (χ3v) is 6.81. The number of hydrogen-bond donors (Lipinski definition) is 1. The van der Waals surface area contributed by atoms with Crippen LogP contribution in [-0.2, 0) is 24.3 Å². The van der Waals surface area contributed by atoms with Gasteiger partial charge in [-0.15, -0.1) is 0 Å². The molecule has 0 spiro atoms. The Bertz CT molecular complexity index is 890. The number of rotatable bonds is 10. The number of methoxy groups -OCH3 is 1. The summed E-state index contributed by atoms with van der Waals surface area (Å²) in [6, 6.07) is 7.50. The first-order chi connectivity index (χ1) is 14.8. The average molecular weight is 452 g/mol. The normalized spacial score (nSPS) is 15.0. The van der Waals surface area contributed by atoms with E-state index in [2.05, 4.69) is 5.32 Å². The molecule has 1 heterocycles. The molecule has 0 aromatic heterocycles. The van der Waals surface area contributed by atoms with Crippen molar-refractivity contribution in [2.24, 2.45) is 0 Å². The molecule has 1 N–H and O–H groups in total. The number of carbonyl (C=O) groups excluding carboxylic acids is 2. The molecule has 0 bridgehead atoms. The van der Waals surface area contributed by atoms with Crippen molar-refractivity contribution in [3.63, 3.8) is 0 Å². The monoisotopic (exact) mass is 451 g/mol. The minimum atomic E-state index is -3.83. The van der Waals surface area contributed by atoms with E-state index in [-0.39, 0.29) is 29.8 Å². The van der Waals surface area contributed by atoms with Gasteiger partial charge in [0.1, 0.15) is 0 Å². The molecule has 31 heavy (non-hydrogen) atoms. The molecule has 1 aromatic carbocycles. The second kappa shape index (κ2) is 11.8. The molecule has 0 unspecified atom stereocenters. The predicted octanol–water partition coefficient (Wildman–Crippen LogP) is -0.524. The Kier molecular flexibility index (Phi) is 9.39. The van der Waals surface area contributed by atoms with Crippen LogP contribution in [0, 0.1) is 11.3 Å². The number of benzene rings is 1. The maximum atomic E-state index is 12.7. The number of sulfonamides is 1. The van der Waals surface area contributed by atoms with Crippen LogP contribution < -0.4 is 5.32 Å². The minimum absolute atomic E-state index is 0.0307. The summed E-state index contributed by atoms with van der Waals surface area (Å²) in [5.74, 6) is -0.354. The van der Waals surface area contributed by atoms with Gasteiger partial charge in [-0.25, -0.2) is 8.42 Å². The molecule has 1 aromatic rings. The van der Waals surface area contributed by atoms with Crippen molar-refractivity contribution >= 4 is 21.8 Å². The molecule has 1 fully saturated rings. The van der Waals surface area contributed by atoms with Crippen LogP contribution in [0.4, 0.5) is 0 Å². The third-order valence-electron chi connectivity index (χ3n) is 4.99. The lowest BCUT2D eigenvalue weighted by molar-refractivity contribution is -0.133. The summed E-state index contributed by atoms with van der Waals surface area (Å²) < 4.78 is 31.3. The van der Waals surface area contributed by atoms with Crippen LogP contribution in [0.3, 0.4) is 0 Å². The van der Waals surface area contributed by atoms with E-state index < -0.39 is 10.0 Å². The smallest absolute Gasteiger partial charge is 0.243 e. The maximum Gasteiger partial charge on any atom is 0.243 e. The second-order valence-electron chi connectivity index (χ2n) is 7.25. The van der Waals surface area contributed by atoms with E-state index in [1.165, 1.54) is 31.3 Å². The summed E-state index contributed by atoms with van der Waals surface area (Å²) in [5, 5.41) is 11.7. The molecule has 1 aliphatic rings. The van der Waals surface area contributed by atoms with Gasteiger partial charge in [0.2, 0.25) is 21.8 Å². The Morgan fingerprint density at radius 3 is 2.42 bits per heavy atom. The Balaban J connectivity index is 1.80. The molecule has 0 radical (unpaired) electrons. The molecule has 1 aliphatic heterocycles. The van der Waals surface area contributed by atoms with Crippen LogP contribution in [0.2, 0.25) is 0 Å². The van der Waals surface area contributed by atoms with Gasteiger partial charge in [0.25, 0.3) is 0 Å². The van der Waals surface area contributed by atoms with Crippen molar-refractivity contribution in [1.82, 2.24) is 19.4 Å². The molecule has 0 atom stereocenters. The van der Waals surface area contributed by atoms with Gasteiger partial charge < -0.3 is 15.0 Å². The Morgan fingerprint density at radius 2 is 1.84 bits per heavy atom. The maximum absolute atomic E-state index is 12.7. The Hall–Kier alpha value is -2.52. The minimum Gasteiger partial charge on any atom is -0.385 e. The fourth-order valence-electron chi connectivity index (χ4n) is 3.12. The molecule has 170 valence electrons. The van der Waals surface area contributed by atoms with Gasteiger partial charge in [0.05, 0.1) is 29.6 Å². The summed E-state index contributed by atoms with van der Waals surface area (Å²) >= 11 is 0. The number of likely N-dealkylation sites (N-methyl/N-ethyl adjacent to an activating group) is 1. The third kappa shape index (κ3) is 7.29. The van der Waals surface area contributed by atoms with E-state index in [1.54, 1.807) is 12.0 Å². The van der Waals surface area contributed by atoms with Crippen LogP contribution in [0.1, 0.15) is 12.0 Å². The van der Waals surface area contributed by atoms with E-state index >= 15 is 0 Å². The van der Waals surface area contributed by atoms with Crippen molar-refractivity contribution < 1.29 is 22.7 Å². The van der Waals surface area contributed by atoms with Gasteiger partial charge in [-0.2, -0.15) is 9.57 Å². The standard InChI is InChI=1S/C20H29N5O5S/c1-23(31(28,29)18-6-4-17(14-21)5-7-18)16-20(27)25-11-9-24(10-12-25)15-19(26)22-8-3-13-30-2/h4-7H,3,8-13,15-16H2,1-2H3,(H,22,26). The number of piperazine rings is 1. The summed E-state index contributed by atoms with van der Waals surface area (Å²) in [6.45, 7) is 3.10. The first kappa shape index (κ1) is 24.7. The number of amides is 2. The molecule has 0 aliphatic carbocycles. The van der Waals surface area contributed by atoms with Crippen LogP contribution >= 0.6 is 0 Å². The highest BCUT2D eigenvalue weighted by molar-refractivity contribution is 7.89. The summed E-state index contributed by atoms with van der Waals surface area (Å²) in [7, 11) is -0.863. The molecular formula is C20H29N5O5S. The van der Waals surface area contributed by atoms with Crippen LogP contribution in [0.5, 0.6) is 0 Å². The second-order valence-corrected chi connectivity index (χ2v) is 9.30. The molecule has 10 nitrogen and oxygen atoms in total. The van der Waals surface area contributed by atoms with E-state index in [0.717, 1.165) is 10.7 Å². The van der Waals surface area contributed by atoms with Crippen molar-refractivity contribution in [3.8, 4) is 6.07 Å². The molecule has 11 heteroatoms. The molecule has 2 rings (SSSR count). The fraction of sp³-hybridized carbons (Fsp3) is 0.550. The lowest BCUT2D eigenvalue weighted by Crippen LogP contribution is -2.53. The zero-order valence-corrected chi connectivity index (χ0v) is 18.7. The number of hydrogen-bond acceptors (Lipinski definition) is 7. The first-order valence-corrected chi connectivity index (χ1v) is 11.4. The predicted molar refractivity (Wildman–Crippen MR) is 113 cm³/mol.